The highest BCUT2D eigenvalue weighted by atomic mass is 19.1. The summed E-state index contributed by atoms with van der Waals surface area (Å²) in [6, 6.07) is 6.07. The SMILES string of the molecule is CN1C(=O)C2(C=C(C#N)C(=O)C(C)(C)C2)c2cc(F)ccc21. The van der Waals surface area contributed by atoms with Crippen LogP contribution in [-0.2, 0) is 15.0 Å². The Morgan fingerprint density at radius 3 is 2.64 bits per heavy atom. The second kappa shape index (κ2) is 4.26. The molecule has 112 valence electrons. The topological polar surface area (TPSA) is 61.2 Å². The Morgan fingerprint density at radius 1 is 1.32 bits per heavy atom. The van der Waals surface area contributed by atoms with Gasteiger partial charge in [-0.05, 0) is 36.3 Å². The third kappa shape index (κ3) is 1.67. The predicted molar refractivity (Wildman–Crippen MR) is 78.6 cm³/mol. The Bertz CT molecular complexity index is 788. The average molecular weight is 298 g/mol. The van der Waals surface area contributed by atoms with Gasteiger partial charge in [0.2, 0.25) is 5.91 Å². The molecule has 1 heterocycles. The lowest BCUT2D eigenvalue weighted by Gasteiger charge is -2.37. The van der Waals surface area contributed by atoms with Crippen LogP contribution in [0.2, 0.25) is 0 Å². The minimum absolute atomic E-state index is 0.0323. The third-order valence-corrected chi connectivity index (χ3v) is 4.58. The zero-order valence-corrected chi connectivity index (χ0v) is 12.6. The van der Waals surface area contributed by atoms with Crippen molar-refractivity contribution in [1.29, 1.82) is 5.26 Å². The molecule has 0 N–H and O–H groups in total. The van der Waals surface area contributed by atoms with E-state index in [1.54, 1.807) is 27.0 Å². The van der Waals surface area contributed by atoms with Crippen LogP contribution in [-0.4, -0.2) is 18.7 Å². The number of likely N-dealkylation sites (N-methyl/N-ethyl adjacent to an activating group) is 1. The van der Waals surface area contributed by atoms with Crippen molar-refractivity contribution in [2.75, 3.05) is 11.9 Å². The van der Waals surface area contributed by atoms with E-state index < -0.39 is 16.6 Å². The van der Waals surface area contributed by atoms with Crippen molar-refractivity contribution in [2.45, 2.75) is 25.7 Å². The van der Waals surface area contributed by atoms with Crippen molar-refractivity contribution in [1.82, 2.24) is 0 Å². The van der Waals surface area contributed by atoms with Gasteiger partial charge in [0.05, 0.1) is 11.0 Å². The van der Waals surface area contributed by atoms with Gasteiger partial charge in [0, 0.05) is 18.2 Å². The van der Waals surface area contributed by atoms with E-state index >= 15 is 0 Å². The number of allylic oxidation sites excluding steroid dienone is 1. The van der Waals surface area contributed by atoms with Crippen molar-refractivity contribution in [2.24, 2.45) is 5.41 Å². The summed E-state index contributed by atoms with van der Waals surface area (Å²) in [5, 5.41) is 9.25. The number of amides is 1. The Balaban J connectivity index is 2.33. The van der Waals surface area contributed by atoms with Gasteiger partial charge in [-0.1, -0.05) is 13.8 Å². The molecule has 0 aromatic heterocycles. The molecule has 1 aliphatic heterocycles. The molecule has 1 amide bonds. The number of nitriles is 1. The highest BCUT2D eigenvalue weighted by Crippen LogP contribution is 2.52. The van der Waals surface area contributed by atoms with E-state index in [4.69, 9.17) is 0 Å². The minimum atomic E-state index is -1.14. The summed E-state index contributed by atoms with van der Waals surface area (Å²) < 4.78 is 13.7. The summed E-state index contributed by atoms with van der Waals surface area (Å²) in [6.45, 7) is 3.43. The molecule has 0 bridgehead atoms. The lowest BCUT2D eigenvalue weighted by atomic mass is 9.62. The van der Waals surface area contributed by atoms with Gasteiger partial charge in [-0.2, -0.15) is 5.26 Å². The fourth-order valence-corrected chi connectivity index (χ4v) is 3.58. The maximum atomic E-state index is 13.7. The van der Waals surface area contributed by atoms with Gasteiger partial charge >= 0.3 is 0 Å². The number of anilines is 1. The van der Waals surface area contributed by atoms with Gasteiger partial charge in [0.1, 0.15) is 11.9 Å². The lowest BCUT2D eigenvalue weighted by Crippen LogP contribution is -2.46. The number of halogens is 1. The molecule has 0 fully saturated rings. The molecule has 0 saturated carbocycles. The van der Waals surface area contributed by atoms with E-state index in [1.165, 1.54) is 23.1 Å². The number of benzene rings is 1. The Morgan fingerprint density at radius 2 is 2.00 bits per heavy atom. The first-order chi connectivity index (χ1) is 10.2. The molecule has 2 aliphatic rings. The second-order valence-corrected chi connectivity index (χ2v) is 6.56. The fraction of sp³-hybridized carbons (Fsp3) is 0.353. The van der Waals surface area contributed by atoms with Gasteiger partial charge in [-0.15, -0.1) is 0 Å². The number of carbonyl (C=O) groups is 2. The molecular weight excluding hydrogens is 283 g/mol. The molecule has 3 rings (SSSR count). The Hall–Kier alpha value is -2.48. The van der Waals surface area contributed by atoms with Crippen LogP contribution in [0.15, 0.2) is 29.8 Å². The monoisotopic (exact) mass is 298 g/mol. The van der Waals surface area contributed by atoms with Gasteiger partial charge in [-0.3, -0.25) is 9.59 Å². The normalized spacial score (nSPS) is 26.0. The Kier molecular flexibility index (Phi) is 2.80. The maximum Gasteiger partial charge on any atom is 0.241 e. The van der Waals surface area contributed by atoms with Crippen molar-refractivity contribution in [3.63, 3.8) is 0 Å². The summed E-state index contributed by atoms with van der Waals surface area (Å²) >= 11 is 0. The molecular formula is C17H15FN2O2. The fourth-order valence-electron chi connectivity index (χ4n) is 3.58. The van der Waals surface area contributed by atoms with Crippen LogP contribution in [0.25, 0.3) is 0 Å². The molecule has 1 aromatic carbocycles. The smallest absolute Gasteiger partial charge is 0.241 e. The molecule has 22 heavy (non-hydrogen) atoms. The summed E-state index contributed by atoms with van der Waals surface area (Å²) in [7, 11) is 1.62. The molecule has 0 saturated heterocycles. The van der Waals surface area contributed by atoms with Crippen LogP contribution in [0.1, 0.15) is 25.8 Å². The minimum Gasteiger partial charge on any atom is -0.314 e. The van der Waals surface area contributed by atoms with Gasteiger partial charge in [0.15, 0.2) is 5.78 Å². The van der Waals surface area contributed by atoms with E-state index in [0.717, 1.165) is 0 Å². The lowest BCUT2D eigenvalue weighted by molar-refractivity contribution is -0.128. The van der Waals surface area contributed by atoms with E-state index in [0.29, 0.717) is 11.3 Å². The van der Waals surface area contributed by atoms with Crippen LogP contribution in [0.4, 0.5) is 10.1 Å². The first-order valence-electron chi connectivity index (χ1n) is 6.99. The zero-order chi connectivity index (χ0) is 16.3. The Labute approximate surface area is 127 Å². The van der Waals surface area contributed by atoms with E-state index in [1.807, 2.05) is 6.07 Å². The maximum absolute atomic E-state index is 13.7. The number of fused-ring (bicyclic) bond motifs is 2. The largest absolute Gasteiger partial charge is 0.314 e. The van der Waals surface area contributed by atoms with Crippen molar-refractivity contribution >= 4 is 17.4 Å². The number of rotatable bonds is 0. The molecule has 0 radical (unpaired) electrons. The summed E-state index contributed by atoms with van der Waals surface area (Å²) in [4.78, 5) is 26.6. The van der Waals surface area contributed by atoms with Crippen LogP contribution >= 0.6 is 0 Å². The number of hydrogen-bond acceptors (Lipinski definition) is 3. The predicted octanol–water partition coefficient (Wildman–Crippen LogP) is 2.49. The van der Waals surface area contributed by atoms with Crippen LogP contribution < -0.4 is 4.90 Å². The third-order valence-electron chi connectivity index (χ3n) is 4.58. The average Bonchev–Trinajstić information content (AvgIpc) is 2.65. The highest BCUT2D eigenvalue weighted by Gasteiger charge is 2.55. The van der Waals surface area contributed by atoms with Crippen molar-refractivity contribution < 1.29 is 14.0 Å². The van der Waals surface area contributed by atoms with Crippen molar-refractivity contribution in [3.8, 4) is 6.07 Å². The number of carbonyl (C=O) groups excluding carboxylic acids is 2. The molecule has 1 spiro atoms. The number of ketones is 1. The van der Waals surface area contributed by atoms with Gasteiger partial charge in [-0.25, -0.2) is 4.39 Å². The van der Waals surface area contributed by atoms with E-state index in [2.05, 4.69) is 0 Å². The van der Waals surface area contributed by atoms with Crippen LogP contribution in [0.3, 0.4) is 0 Å². The van der Waals surface area contributed by atoms with E-state index in [9.17, 15) is 19.2 Å². The zero-order valence-electron chi connectivity index (χ0n) is 12.6. The summed E-state index contributed by atoms with van der Waals surface area (Å²) in [6.07, 6.45) is 1.65. The van der Waals surface area contributed by atoms with E-state index in [-0.39, 0.29) is 23.7 Å². The second-order valence-electron chi connectivity index (χ2n) is 6.56. The number of nitrogens with zero attached hydrogens (tertiary/aromatic N) is 2. The standard InChI is InChI=1S/C17H15FN2O2/c1-16(2)9-17(7-10(8-19)14(16)21)12-6-11(18)4-5-13(12)20(3)15(17)22/h4-7H,9H2,1-3H3. The number of hydrogen-bond donors (Lipinski definition) is 0. The highest BCUT2D eigenvalue weighted by molar-refractivity contribution is 6.13. The first-order valence-corrected chi connectivity index (χ1v) is 6.99. The summed E-state index contributed by atoms with van der Waals surface area (Å²) in [5.41, 5.74) is -0.896. The summed E-state index contributed by atoms with van der Waals surface area (Å²) in [5.74, 6) is -0.954. The number of Topliss-reactive ketones (excluding diaryl/α,β-unsaturated/α-hetero) is 1. The molecule has 1 unspecified atom stereocenters. The molecule has 1 aromatic rings. The molecule has 4 nitrogen and oxygen atoms in total. The first kappa shape index (κ1) is 14.5. The quantitative estimate of drug-likeness (QED) is 0.739. The molecule has 1 aliphatic carbocycles. The van der Waals surface area contributed by atoms with Gasteiger partial charge < -0.3 is 4.90 Å². The van der Waals surface area contributed by atoms with Crippen molar-refractivity contribution in [3.05, 3.63) is 41.2 Å². The van der Waals surface area contributed by atoms with Crippen LogP contribution in [0, 0.1) is 22.6 Å². The van der Waals surface area contributed by atoms with Crippen LogP contribution in [0.5, 0.6) is 0 Å². The molecule has 1 atom stereocenters. The molecule has 5 heteroatoms. The van der Waals surface area contributed by atoms with Gasteiger partial charge in [0.25, 0.3) is 0 Å².